The molecule has 0 radical (unpaired) electrons. The number of hydrogen-bond donors (Lipinski definition) is 2. The Balaban J connectivity index is 1.41. The highest BCUT2D eigenvalue weighted by Gasteiger charge is 2.31. The second kappa shape index (κ2) is 10.1. The summed E-state index contributed by atoms with van der Waals surface area (Å²) in [6.45, 7) is 9.47. The molecule has 35 heavy (non-hydrogen) atoms. The monoisotopic (exact) mass is 492 g/mol. The molecule has 2 fully saturated rings. The van der Waals surface area contributed by atoms with Gasteiger partial charge >= 0.3 is 5.97 Å². The third-order valence-electron chi connectivity index (χ3n) is 8.25. The molecule has 2 N–H and O–H groups in total. The number of nitrogens with zero attached hydrogens (tertiary/aromatic N) is 3. The Morgan fingerprint density at radius 1 is 1.00 bits per heavy atom. The lowest BCUT2D eigenvalue weighted by atomic mass is 9.82. The van der Waals surface area contributed by atoms with Crippen LogP contribution in [0, 0.1) is 0 Å². The highest BCUT2D eigenvalue weighted by Crippen LogP contribution is 2.47. The average molecular weight is 493 g/mol. The summed E-state index contributed by atoms with van der Waals surface area (Å²) in [4.78, 5) is 17.5. The number of fused-ring (bicyclic) bond motifs is 5. The van der Waals surface area contributed by atoms with Crippen molar-refractivity contribution in [1.82, 2.24) is 19.7 Å². The molecule has 6 rings (SSSR count). The van der Waals surface area contributed by atoms with Gasteiger partial charge in [0.15, 0.2) is 0 Å². The van der Waals surface area contributed by atoms with Crippen molar-refractivity contribution in [1.29, 1.82) is 0 Å². The zero-order chi connectivity index (χ0) is 23.8. The molecule has 1 saturated carbocycles. The summed E-state index contributed by atoms with van der Waals surface area (Å²) in [7, 11) is 0. The highest BCUT2D eigenvalue weighted by molar-refractivity contribution is 7.21. The molecular formula is C28H36N4O2S. The summed E-state index contributed by atoms with van der Waals surface area (Å²) in [5.41, 5.74) is 6.67. The van der Waals surface area contributed by atoms with Gasteiger partial charge in [0, 0.05) is 64.5 Å². The van der Waals surface area contributed by atoms with Crippen LogP contribution >= 0.6 is 11.3 Å². The maximum Gasteiger partial charge on any atom is 0.345 e. The lowest BCUT2D eigenvalue weighted by Gasteiger charge is -2.32. The van der Waals surface area contributed by atoms with Crippen molar-refractivity contribution in [3.63, 3.8) is 0 Å². The standard InChI is InChI=1S/C28H36N4O2S/c33-28(34)24-18-23-27(35-24)25(20-6-2-1-3-7-20)26-22-9-5-4-8-21(22)19-31(16-17-32(23)26)15-14-30-12-10-29-11-13-30/h4-5,8-9,18,20,29H,1-3,6-7,10-17,19H2,(H,33,34). The summed E-state index contributed by atoms with van der Waals surface area (Å²) in [5.74, 6) is -0.280. The smallest absolute Gasteiger partial charge is 0.345 e. The van der Waals surface area contributed by atoms with Gasteiger partial charge in [-0.05, 0) is 36.0 Å². The Kier molecular flexibility index (Phi) is 6.67. The van der Waals surface area contributed by atoms with E-state index in [1.165, 1.54) is 70.5 Å². The number of carboxylic acid groups (broad SMARTS) is 1. The molecule has 3 aromatic rings. The molecular weight excluding hydrogens is 456 g/mol. The average Bonchev–Trinajstić information content (AvgIpc) is 3.43. The Morgan fingerprint density at radius 2 is 1.77 bits per heavy atom. The minimum absolute atomic E-state index is 0.466. The van der Waals surface area contributed by atoms with Crippen LogP contribution in [0.25, 0.3) is 21.5 Å². The fourth-order valence-corrected chi connectivity index (χ4v) is 7.53. The minimum atomic E-state index is -0.806. The molecule has 0 amide bonds. The molecule has 2 aliphatic heterocycles. The van der Waals surface area contributed by atoms with Crippen molar-refractivity contribution in [2.24, 2.45) is 0 Å². The van der Waals surface area contributed by atoms with Gasteiger partial charge in [-0.1, -0.05) is 43.5 Å². The van der Waals surface area contributed by atoms with Gasteiger partial charge in [-0.15, -0.1) is 11.3 Å². The Labute approximate surface area is 211 Å². The second-order valence-electron chi connectivity index (χ2n) is 10.4. The van der Waals surface area contributed by atoms with Crippen LogP contribution in [0.15, 0.2) is 30.3 Å². The number of aromatic carboxylic acids is 1. The van der Waals surface area contributed by atoms with E-state index < -0.39 is 5.97 Å². The van der Waals surface area contributed by atoms with Crippen molar-refractivity contribution in [3.05, 3.63) is 46.3 Å². The summed E-state index contributed by atoms with van der Waals surface area (Å²) in [6.07, 6.45) is 6.29. The van der Waals surface area contributed by atoms with Crippen LogP contribution in [0.1, 0.15) is 58.8 Å². The zero-order valence-corrected chi connectivity index (χ0v) is 21.3. The van der Waals surface area contributed by atoms with Crippen molar-refractivity contribution in [2.75, 3.05) is 45.8 Å². The predicted octanol–water partition coefficient (Wildman–Crippen LogP) is 4.84. The number of thiophene rings is 1. The maximum absolute atomic E-state index is 11.9. The molecule has 186 valence electrons. The van der Waals surface area contributed by atoms with Crippen molar-refractivity contribution < 1.29 is 9.90 Å². The lowest BCUT2D eigenvalue weighted by Crippen LogP contribution is -2.46. The molecule has 4 heterocycles. The van der Waals surface area contributed by atoms with Gasteiger partial charge in [-0.25, -0.2) is 4.79 Å². The zero-order valence-electron chi connectivity index (χ0n) is 20.5. The van der Waals surface area contributed by atoms with E-state index in [0.717, 1.165) is 64.4 Å². The van der Waals surface area contributed by atoms with Gasteiger partial charge < -0.3 is 15.0 Å². The van der Waals surface area contributed by atoms with Gasteiger partial charge in [0.25, 0.3) is 0 Å². The summed E-state index contributed by atoms with van der Waals surface area (Å²) < 4.78 is 3.69. The van der Waals surface area contributed by atoms with Crippen LogP contribution in [-0.4, -0.2) is 71.3 Å². The van der Waals surface area contributed by atoms with Crippen LogP contribution in [-0.2, 0) is 13.1 Å². The molecule has 1 aromatic carbocycles. The van der Waals surface area contributed by atoms with Crippen LogP contribution < -0.4 is 5.32 Å². The van der Waals surface area contributed by atoms with E-state index in [9.17, 15) is 9.90 Å². The SMILES string of the molecule is O=C(O)c1cc2c(s1)c(C1CCCCC1)c1n2CCN(CCN2CCNCC2)Cc2ccccc2-1. The van der Waals surface area contributed by atoms with E-state index in [4.69, 9.17) is 0 Å². The molecule has 0 bridgehead atoms. The van der Waals surface area contributed by atoms with Crippen LogP contribution in [0.5, 0.6) is 0 Å². The van der Waals surface area contributed by atoms with Gasteiger partial charge in [-0.2, -0.15) is 0 Å². The number of rotatable bonds is 5. The normalized spacial score (nSPS) is 20.3. The summed E-state index contributed by atoms with van der Waals surface area (Å²) in [5, 5.41) is 13.2. The van der Waals surface area contributed by atoms with Crippen LogP contribution in [0.2, 0.25) is 0 Å². The number of nitrogens with one attached hydrogen (secondary N) is 1. The molecule has 1 saturated heterocycles. The fourth-order valence-electron chi connectivity index (χ4n) is 6.41. The van der Waals surface area contributed by atoms with E-state index in [-0.39, 0.29) is 0 Å². The van der Waals surface area contributed by atoms with Crippen molar-refractivity contribution in [2.45, 2.75) is 51.1 Å². The molecule has 6 nitrogen and oxygen atoms in total. The maximum atomic E-state index is 11.9. The van der Waals surface area contributed by atoms with Gasteiger partial charge in [0.1, 0.15) is 4.88 Å². The number of hydrogen-bond acceptors (Lipinski definition) is 5. The Morgan fingerprint density at radius 3 is 2.57 bits per heavy atom. The number of aromatic nitrogens is 1. The molecule has 1 aliphatic carbocycles. The third-order valence-corrected chi connectivity index (χ3v) is 9.39. The van der Waals surface area contributed by atoms with Crippen LogP contribution in [0.4, 0.5) is 0 Å². The number of carboxylic acids is 1. The molecule has 7 heteroatoms. The topological polar surface area (TPSA) is 60.7 Å². The third kappa shape index (κ3) is 4.55. The van der Waals surface area contributed by atoms with E-state index >= 15 is 0 Å². The first-order valence-electron chi connectivity index (χ1n) is 13.3. The number of piperazine rings is 1. The molecule has 0 unspecified atom stereocenters. The second-order valence-corrected chi connectivity index (χ2v) is 11.5. The Bertz CT molecular complexity index is 1200. The van der Waals surface area contributed by atoms with Crippen molar-refractivity contribution in [3.8, 4) is 11.3 Å². The summed E-state index contributed by atoms with van der Waals surface area (Å²) >= 11 is 1.49. The molecule has 2 aromatic heterocycles. The van der Waals surface area contributed by atoms with Crippen molar-refractivity contribution >= 4 is 27.5 Å². The lowest BCUT2D eigenvalue weighted by molar-refractivity contribution is 0.0702. The Hall–Kier alpha value is -2.19. The van der Waals surface area contributed by atoms with E-state index in [1.54, 1.807) is 0 Å². The number of carbonyl (C=O) groups is 1. The number of benzene rings is 1. The van der Waals surface area contributed by atoms with Crippen LogP contribution in [0.3, 0.4) is 0 Å². The largest absolute Gasteiger partial charge is 0.477 e. The minimum Gasteiger partial charge on any atom is -0.477 e. The highest BCUT2D eigenvalue weighted by atomic mass is 32.1. The molecule has 0 spiro atoms. The predicted molar refractivity (Wildman–Crippen MR) is 143 cm³/mol. The van der Waals surface area contributed by atoms with Gasteiger partial charge in [0.05, 0.1) is 15.9 Å². The van der Waals surface area contributed by atoms with E-state index in [2.05, 4.69) is 43.9 Å². The van der Waals surface area contributed by atoms with E-state index in [1.807, 2.05) is 6.07 Å². The summed E-state index contributed by atoms with van der Waals surface area (Å²) in [6, 6.07) is 10.9. The quantitative estimate of drug-likeness (QED) is 0.534. The van der Waals surface area contributed by atoms with E-state index in [0.29, 0.717) is 10.8 Å². The molecule has 3 aliphatic rings. The fraction of sp³-hybridized carbons (Fsp3) is 0.536. The van der Waals surface area contributed by atoms with Gasteiger partial charge in [-0.3, -0.25) is 9.80 Å². The first kappa shape index (κ1) is 23.2. The van der Waals surface area contributed by atoms with Gasteiger partial charge in [0.2, 0.25) is 0 Å². The molecule has 0 atom stereocenters. The first-order valence-corrected chi connectivity index (χ1v) is 14.1. The first-order chi connectivity index (χ1) is 17.2.